The molecule has 0 spiro atoms. The molecular formula is C77H134N28O14S2. The summed E-state index contributed by atoms with van der Waals surface area (Å²) in [7, 11) is 1.99. The van der Waals surface area contributed by atoms with E-state index in [4.69, 9.17) is 57.3 Å². The van der Waals surface area contributed by atoms with E-state index in [0.29, 0.717) is 22.9 Å². The van der Waals surface area contributed by atoms with Crippen LogP contribution in [-0.4, -0.2) is 234 Å². The fourth-order valence-corrected chi connectivity index (χ4v) is 14.9. The highest BCUT2D eigenvalue weighted by molar-refractivity contribution is 8.76. The molecule has 42 nitrogen and oxygen atoms in total. The van der Waals surface area contributed by atoms with E-state index in [1.165, 1.54) is 6.92 Å². The number of hydrogen-bond acceptors (Lipinski definition) is 21. The SMILES string of the molecule is CC[C@H](C)[C@@H]1NC(=O)[C@H](CCCN=C(N)N)NC(=O)[C@H](C(C)C)NC(=O)[C@H](C)NC(=O)[C@H](C(C)C)NC(=O)[C@H]([C@@H](C)CC)NC(=O)[C@H](CC(C)C)NC(=O)[C@H](CCCN=C(N)N)NC(=O)[C@H](C(C)C)NC(=O)[C@@H](N)CSSC[C@@H](C(N)=O)NC(=O)[C@H](CCCN=C(N)N)NC(=O)[C@H](CCCN=C(N)N)NC(=O)[C@H](Cc2c[nH]c3ccccc23)NC1=O. The molecule has 0 radical (unpaired) electrons. The molecule has 1 aromatic heterocycles. The number of primary amides is 1. The number of nitrogens with two attached hydrogens (primary N) is 10. The standard InChI is InChI=1S/C77H134N28O14S2/c1-14-41(11)58-72(118)99-53(33-44-34-92-47-23-17-16-22-45(44)47)67(113)95-48(24-18-28-88-74(80)81)63(109)94-49(25-19-29-89-75(82)83)65(111)100-54(60(79)106)36-121-120-35-46(78)62(108)102-57(40(9)10)71(117)96-50(26-20-30-90-76(84)85)64(110)98-52(32-37(3)4)68(114)105-59(42(12)15-2)73(119)103-55(38(5)6)69(115)93-43(13)61(107)101-56(39(7)8)70(116)97-51(66(112)104-58)27-21-31-91-77(86)87/h16-17,22-23,34,37-43,46,48-59,92H,14-15,18-21,24-33,35-36,78H2,1-13H3,(H2,79,106)(H,93,115)(H,94,109)(H,95,113)(H,96,117)(H,97,116)(H,98,110)(H,99,118)(H,100,111)(H,101,107)(H,102,108)(H,103,119)(H,104,112)(H,105,114)(H4,80,81,88)(H4,82,83,89)(H4,84,85,90)(H4,86,87,91)/t41-,42-,43-,46-,48-,49-,50-,51-,52-,53-,54-,55-,56-,57-,58-,59-/m0/s1. The summed E-state index contributed by atoms with van der Waals surface area (Å²) in [6, 6.07) is -12.5. The van der Waals surface area contributed by atoms with Crippen molar-refractivity contribution in [1.82, 2.24) is 74.1 Å². The summed E-state index contributed by atoms with van der Waals surface area (Å²) in [6.07, 6.45) is 1.76. The highest BCUT2D eigenvalue weighted by Gasteiger charge is 2.40. The molecule has 121 heavy (non-hydrogen) atoms. The molecule has 34 N–H and O–H groups in total. The van der Waals surface area contributed by atoms with Crippen molar-refractivity contribution in [2.45, 2.75) is 252 Å². The molecule has 1 fully saturated rings. The van der Waals surface area contributed by atoms with E-state index in [0.717, 1.165) is 21.6 Å². The Morgan fingerprint density at radius 2 is 0.719 bits per heavy atom. The molecule has 1 saturated heterocycles. The van der Waals surface area contributed by atoms with E-state index in [1.807, 2.05) is 0 Å². The fraction of sp³-hybridized carbons (Fsp3) is 0.662. The number of carbonyl (C=O) groups is 14. The Kier molecular flexibility index (Phi) is 45.7. The number of benzene rings is 1. The first-order chi connectivity index (χ1) is 56.9. The number of guanidine groups is 4. The lowest BCUT2D eigenvalue weighted by Gasteiger charge is -2.31. The second-order valence-corrected chi connectivity index (χ2v) is 34.2. The Morgan fingerprint density at radius 3 is 1.12 bits per heavy atom. The van der Waals surface area contributed by atoms with Gasteiger partial charge >= 0.3 is 0 Å². The van der Waals surface area contributed by atoms with E-state index in [-0.39, 0.29) is 138 Å². The zero-order valence-electron chi connectivity index (χ0n) is 71.8. The minimum absolute atomic E-state index is 0.0177. The Morgan fingerprint density at radius 1 is 0.397 bits per heavy atom. The Labute approximate surface area is 715 Å². The molecule has 0 saturated carbocycles. The van der Waals surface area contributed by atoms with Crippen molar-refractivity contribution in [3.05, 3.63) is 36.0 Å². The number of rotatable bonds is 28. The van der Waals surface area contributed by atoms with Crippen LogP contribution in [0.25, 0.3) is 10.9 Å². The van der Waals surface area contributed by atoms with Gasteiger partial charge in [0, 0.05) is 61.2 Å². The third-order valence-electron chi connectivity index (χ3n) is 20.0. The van der Waals surface area contributed by atoms with Gasteiger partial charge in [-0.1, -0.05) is 136 Å². The molecule has 2 heterocycles. The van der Waals surface area contributed by atoms with Crippen LogP contribution in [0, 0.1) is 35.5 Å². The summed E-state index contributed by atoms with van der Waals surface area (Å²) in [4.78, 5) is 223. The molecule has 3 rings (SSSR count). The predicted octanol–water partition coefficient (Wildman–Crippen LogP) is -4.44. The van der Waals surface area contributed by atoms with Crippen molar-refractivity contribution in [3.63, 3.8) is 0 Å². The van der Waals surface area contributed by atoms with E-state index in [9.17, 15) is 57.5 Å². The van der Waals surface area contributed by atoms with Crippen molar-refractivity contribution in [2.24, 2.45) is 113 Å². The number of hydrogen-bond donors (Lipinski definition) is 24. The van der Waals surface area contributed by atoms with Gasteiger partial charge in [0.15, 0.2) is 23.8 Å². The van der Waals surface area contributed by atoms with Crippen LogP contribution >= 0.6 is 21.6 Å². The van der Waals surface area contributed by atoms with E-state index >= 15 is 9.59 Å². The van der Waals surface area contributed by atoms with Gasteiger partial charge in [-0.2, -0.15) is 0 Å². The smallest absolute Gasteiger partial charge is 0.243 e. The fourth-order valence-electron chi connectivity index (χ4n) is 12.6. The van der Waals surface area contributed by atoms with Crippen molar-refractivity contribution in [1.29, 1.82) is 0 Å². The lowest BCUT2D eigenvalue weighted by Crippen LogP contribution is -2.62. The van der Waals surface area contributed by atoms with E-state index in [2.05, 4.69) is 94.1 Å². The quantitative estimate of drug-likeness (QED) is 0.0165. The molecule has 2 aromatic rings. The average molecular weight is 1740 g/mol. The summed E-state index contributed by atoms with van der Waals surface area (Å²) in [5.41, 5.74) is 58.6. The van der Waals surface area contributed by atoms with Crippen LogP contribution in [-0.2, 0) is 73.5 Å². The Balaban J connectivity index is 2.32. The maximum absolute atomic E-state index is 15.3. The minimum Gasteiger partial charge on any atom is -0.370 e. The first-order valence-electron chi connectivity index (χ1n) is 40.9. The first kappa shape index (κ1) is 104. The van der Waals surface area contributed by atoms with E-state index < -0.39 is 197 Å². The summed E-state index contributed by atoms with van der Waals surface area (Å²) in [5, 5.41) is 36.0. The van der Waals surface area contributed by atoms with E-state index in [1.54, 1.807) is 114 Å². The highest BCUT2D eigenvalue weighted by Crippen LogP contribution is 2.25. The molecular weight excluding hydrogens is 1610 g/mol. The normalized spacial score (nSPS) is 24.8. The van der Waals surface area contributed by atoms with Gasteiger partial charge in [-0.15, -0.1) is 0 Å². The maximum atomic E-state index is 15.3. The minimum atomic E-state index is -1.54. The number of para-hydroxylation sites is 1. The molecule has 0 aliphatic carbocycles. The highest BCUT2D eigenvalue weighted by atomic mass is 33.1. The molecule has 14 amide bonds. The molecule has 678 valence electrons. The molecule has 44 heteroatoms. The van der Waals surface area contributed by atoms with Crippen LogP contribution in [0.5, 0.6) is 0 Å². The lowest BCUT2D eigenvalue weighted by molar-refractivity contribution is -0.137. The molecule has 0 bridgehead atoms. The number of nitrogens with zero attached hydrogens (tertiary/aromatic N) is 4. The van der Waals surface area contributed by atoms with Crippen LogP contribution in [0.3, 0.4) is 0 Å². The molecule has 1 aliphatic rings. The van der Waals surface area contributed by atoms with Gasteiger partial charge in [-0.25, -0.2) is 0 Å². The van der Waals surface area contributed by atoms with Gasteiger partial charge in [0.1, 0.15) is 78.5 Å². The largest absolute Gasteiger partial charge is 0.370 e. The lowest BCUT2D eigenvalue weighted by atomic mass is 9.95. The second kappa shape index (κ2) is 53.0. The predicted molar refractivity (Wildman–Crippen MR) is 467 cm³/mol. The molecule has 1 aromatic carbocycles. The number of amides is 14. The second-order valence-electron chi connectivity index (χ2n) is 31.7. The number of fused-ring (bicyclic) bond motifs is 1. The van der Waals surface area contributed by atoms with Crippen LogP contribution in [0.4, 0.5) is 0 Å². The number of aromatic nitrogens is 1. The third-order valence-corrected chi connectivity index (χ3v) is 22.5. The summed E-state index contributed by atoms with van der Waals surface area (Å²) in [6.45, 7) is 21.5. The topological polar surface area (TPSA) is 721 Å². The Bertz CT molecular complexity index is 3920. The van der Waals surface area contributed by atoms with Gasteiger partial charge in [-0.05, 0) is 112 Å². The number of nitrogens with one attached hydrogen (secondary N) is 14. The zero-order valence-corrected chi connectivity index (χ0v) is 73.4. The number of aromatic amines is 1. The van der Waals surface area contributed by atoms with Gasteiger partial charge in [-0.3, -0.25) is 87.1 Å². The molecule has 1 aliphatic heterocycles. The zero-order chi connectivity index (χ0) is 91.1. The van der Waals surface area contributed by atoms with Gasteiger partial charge in [0.2, 0.25) is 82.7 Å². The maximum Gasteiger partial charge on any atom is 0.243 e. The van der Waals surface area contributed by atoms with Gasteiger partial charge in [0.25, 0.3) is 0 Å². The van der Waals surface area contributed by atoms with Crippen LogP contribution in [0.1, 0.15) is 166 Å². The van der Waals surface area contributed by atoms with Crippen LogP contribution in [0.2, 0.25) is 0 Å². The number of H-pyrrole nitrogens is 1. The number of aliphatic imine (C=N–C) groups is 4. The van der Waals surface area contributed by atoms with Crippen molar-refractivity contribution < 1.29 is 67.1 Å². The summed E-state index contributed by atoms with van der Waals surface area (Å²) >= 11 is 0. The summed E-state index contributed by atoms with van der Waals surface area (Å²) in [5.74, 6) is -17.0. The average Bonchev–Trinajstić information content (AvgIpc) is 1.72. The number of carbonyl (C=O) groups excluding carboxylic acids is 14. The monoisotopic (exact) mass is 1740 g/mol. The van der Waals surface area contributed by atoms with Gasteiger partial charge < -0.3 is 131 Å². The molecule has 0 unspecified atom stereocenters. The third kappa shape index (κ3) is 36.9. The van der Waals surface area contributed by atoms with Gasteiger partial charge in [0.05, 0.1) is 6.04 Å². The van der Waals surface area contributed by atoms with Crippen molar-refractivity contribution in [3.8, 4) is 0 Å². The first-order valence-corrected chi connectivity index (χ1v) is 43.4. The molecule has 16 atom stereocenters. The summed E-state index contributed by atoms with van der Waals surface area (Å²) < 4.78 is 0. The van der Waals surface area contributed by atoms with Crippen molar-refractivity contribution in [2.75, 3.05) is 37.7 Å². The van der Waals surface area contributed by atoms with Crippen LogP contribution < -0.4 is 126 Å². The van der Waals surface area contributed by atoms with Crippen LogP contribution in [0.15, 0.2) is 50.4 Å². The van der Waals surface area contributed by atoms with Crippen molar-refractivity contribution >= 4 is 139 Å². The Hall–Kier alpha value is -10.9.